The third-order valence-corrected chi connectivity index (χ3v) is 4.48. The van der Waals surface area contributed by atoms with Gasteiger partial charge < -0.3 is 20.7 Å². The molecule has 1 atom stereocenters. The first-order valence-electron chi connectivity index (χ1n) is 7.82. The van der Waals surface area contributed by atoms with Crippen LogP contribution < -0.4 is 5.73 Å². The molecule has 1 rings (SSSR count). The van der Waals surface area contributed by atoms with Crippen LogP contribution in [0.15, 0.2) is 5.16 Å². The van der Waals surface area contributed by atoms with Gasteiger partial charge in [-0.15, -0.1) is 0 Å². The third kappa shape index (κ3) is 3.87. The van der Waals surface area contributed by atoms with Crippen molar-refractivity contribution in [2.45, 2.75) is 52.0 Å². The van der Waals surface area contributed by atoms with Gasteiger partial charge in [0.1, 0.15) is 5.41 Å². The largest absolute Gasteiger partial charge is 0.409 e. The predicted octanol–water partition coefficient (Wildman–Crippen LogP) is 1.48. The van der Waals surface area contributed by atoms with Crippen molar-refractivity contribution in [3.63, 3.8) is 0 Å². The van der Waals surface area contributed by atoms with E-state index in [0.29, 0.717) is 19.4 Å². The molecule has 6 nitrogen and oxygen atoms in total. The SMILES string of the molecule is CCN(C(=O)C1(C(N)=NO)CCCCC1)C(C)CN(C)C. The smallest absolute Gasteiger partial charge is 0.236 e. The number of likely N-dealkylation sites (N-methyl/N-ethyl adjacent to an activating group) is 2. The van der Waals surface area contributed by atoms with Crippen molar-refractivity contribution < 1.29 is 10.0 Å². The molecule has 122 valence electrons. The average molecular weight is 298 g/mol. The molecule has 0 aromatic heterocycles. The highest BCUT2D eigenvalue weighted by atomic mass is 16.4. The number of nitrogens with two attached hydrogens (primary N) is 1. The summed E-state index contributed by atoms with van der Waals surface area (Å²) in [6.45, 7) is 5.46. The molecule has 21 heavy (non-hydrogen) atoms. The van der Waals surface area contributed by atoms with Gasteiger partial charge in [0.05, 0.1) is 0 Å². The Kier molecular flexibility index (Phi) is 6.45. The molecule has 1 aliphatic rings. The van der Waals surface area contributed by atoms with E-state index in [1.54, 1.807) is 0 Å². The van der Waals surface area contributed by atoms with Crippen LogP contribution in [0.1, 0.15) is 46.0 Å². The van der Waals surface area contributed by atoms with Crippen LogP contribution in [-0.4, -0.2) is 60.0 Å². The quantitative estimate of drug-likeness (QED) is 0.337. The Morgan fingerprint density at radius 3 is 2.33 bits per heavy atom. The number of hydrogen-bond donors (Lipinski definition) is 2. The fraction of sp³-hybridized carbons (Fsp3) is 0.867. The van der Waals surface area contributed by atoms with Crippen LogP contribution in [0.25, 0.3) is 0 Å². The molecule has 1 aliphatic carbocycles. The first kappa shape index (κ1) is 17.8. The summed E-state index contributed by atoms with van der Waals surface area (Å²) < 4.78 is 0. The average Bonchev–Trinajstić information content (AvgIpc) is 2.46. The Balaban J connectivity index is 3.03. The topological polar surface area (TPSA) is 82.2 Å². The molecule has 1 unspecified atom stereocenters. The van der Waals surface area contributed by atoms with Crippen LogP contribution in [0.2, 0.25) is 0 Å². The van der Waals surface area contributed by atoms with Crippen molar-refractivity contribution in [2.24, 2.45) is 16.3 Å². The first-order chi connectivity index (χ1) is 9.89. The third-order valence-electron chi connectivity index (χ3n) is 4.48. The lowest BCUT2D eigenvalue weighted by atomic mass is 9.72. The number of hydrogen-bond acceptors (Lipinski definition) is 4. The monoisotopic (exact) mass is 298 g/mol. The summed E-state index contributed by atoms with van der Waals surface area (Å²) in [7, 11) is 3.99. The van der Waals surface area contributed by atoms with Crippen LogP contribution in [0.3, 0.4) is 0 Å². The minimum atomic E-state index is -0.816. The summed E-state index contributed by atoms with van der Waals surface area (Å²) in [6.07, 6.45) is 4.34. The molecule has 1 saturated carbocycles. The van der Waals surface area contributed by atoms with E-state index < -0.39 is 5.41 Å². The maximum absolute atomic E-state index is 13.1. The molecular formula is C15H30N4O2. The van der Waals surface area contributed by atoms with Crippen LogP contribution in [-0.2, 0) is 4.79 Å². The number of rotatable bonds is 6. The summed E-state index contributed by atoms with van der Waals surface area (Å²) in [5.74, 6) is 0.0806. The highest BCUT2D eigenvalue weighted by Gasteiger charge is 2.46. The Morgan fingerprint density at radius 1 is 1.33 bits per heavy atom. The molecule has 1 fully saturated rings. The number of amides is 1. The number of carbonyl (C=O) groups excluding carboxylic acids is 1. The van der Waals surface area contributed by atoms with Gasteiger partial charge in [-0.1, -0.05) is 24.4 Å². The lowest BCUT2D eigenvalue weighted by molar-refractivity contribution is -0.142. The van der Waals surface area contributed by atoms with Gasteiger partial charge in [-0.3, -0.25) is 4.79 Å². The Labute approximate surface area is 128 Å². The molecule has 0 aromatic rings. The number of oxime groups is 1. The van der Waals surface area contributed by atoms with Gasteiger partial charge >= 0.3 is 0 Å². The molecule has 0 saturated heterocycles. The van der Waals surface area contributed by atoms with Crippen molar-refractivity contribution in [2.75, 3.05) is 27.2 Å². The maximum atomic E-state index is 13.1. The van der Waals surface area contributed by atoms with Crippen LogP contribution in [0.4, 0.5) is 0 Å². The minimum absolute atomic E-state index is 0.00866. The minimum Gasteiger partial charge on any atom is -0.409 e. The van der Waals surface area contributed by atoms with Gasteiger partial charge in [-0.05, 0) is 40.8 Å². The van der Waals surface area contributed by atoms with E-state index in [4.69, 9.17) is 10.9 Å². The number of carbonyl (C=O) groups is 1. The van der Waals surface area contributed by atoms with E-state index in [0.717, 1.165) is 25.8 Å². The molecule has 1 amide bonds. The fourth-order valence-electron chi connectivity index (χ4n) is 3.39. The molecular weight excluding hydrogens is 268 g/mol. The van der Waals surface area contributed by atoms with Crippen molar-refractivity contribution in [3.05, 3.63) is 0 Å². The first-order valence-corrected chi connectivity index (χ1v) is 7.82. The molecule has 0 spiro atoms. The van der Waals surface area contributed by atoms with Crippen LogP contribution >= 0.6 is 0 Å². The molecule has 6 heteroatoms. The second-order valence-electron chi connectivity index (χ2n) is 6.33. The van der Waals surface area contributed by atoms with E-state index in [1.807, 2.05) is 32.8 Å². The van der Waals surface area contributed by atoms with Crippen molar-refractivity contribution in [1.29, 1.82) is 0 Å². The van der Waals surface area contributed by atoms with Gasteiger partial charge in [0.25, 0.3) is 0 Å². The molecule has 0 heterocycles. The van der Waals surface area contributed by atoms with Gasteiger partial charge in [-0.2, -0.15) is 0 Å². The summed E-state index contributed by atoms with van der Waals surface area (Å²) in [6, 6.07) is 0.0998. The van der Waals surface area contributed by atoms with Gasteiger partial charge in [0, 0.05) is 19.1 Å². The molecule has 0 aromatic carbocycles. The Hall–Kier alpha value is -1.30. The van der Waals surface area contributed by atoms with Gasteiger partial charge in [0.2, 0.25) is 5.91 Å². The lowest BCUT2D eigenvalue weighted by Crippen LogP contribution is -2.55. The Bertz CT molecular complexity index is 376. The van der Waals surface area contributed by atoms with Crippen LogP contribution in [0.5, 0.6) is 0 Å². The predicted molar refractivity (Wildman–Crippen MR) is 84.3 cm³/mol. The number of amidine groups is 1. The maximum Gasteiger partial charge on any atom is 0.236 e. The fourth-order valence-corrected chi connectivity index (χ4v) is 3.39. The highest BCUT2D eigenvalue weighted by molar-refractivity contribution is 6.06. The van der Waals surface area contributed by atoms with Gasteiger partial charge in [-0.25, -0.2) is 0 Å². The highest BCUT2D eigenvalue weighted by Crippen LogP contribution is 2.38. The zero-order valence-electron chi connectivity index (χ0n) is 13.8. The summed E-state index contributed by atoms with van der Waals surface area (Å²) >= 11 is 0. The van der Waals surface area contributed by atoms with Crippen molar-refractivity contribution in [3.8, 4) is 0 Å². The van der Waals surface area contributed by atoms with Crippen molar-refractivity contribution in [1.82, 2.24) is 9.80 Å². The van der Waals surface area contributed by atoms with E-state index in [9.17, 15) is 4.79 Å². The summed E-state index contributed by atoms with van der Waals surface area (Å²) in [5.41, 5.74) is 5.10. The second kappa shape index (κ2) is 7.64. The summed E-state index contributed by atoms with van der Waals surface area (Å²) in [5, 5.41) is 12.3. The van der Waals surface area contributed by atoms with E-state index >= 15 is 0 Å². The molecule has 3 N–H and O–H groups in total. The normalized spacial score (nSPS) is 20.3. The van der Waals surface area contributed by atoms with E-state index in [2.05, 4.69) is 10.1 Å². The Morgan fingerprint density at radius 2 is 1.90 bits per heavy atom. The molecule has 0 aliphatic heterocycles. The zero-order chi connectivity index (χ0) is 16.0. The zero-order valence-corrected chi connectivity index (χ0v) is 13.8. The molecule has 0 bridgehead atoms. The van der Waals surface area contributed by atoms with Crippen LogP contribution in [0, 0.1) is 5.41 Å². The second-order valence-corrected chi connectivity index (χ2v) is 6.33. The van der Waals surface area contributed by atoms with Crippen molar-refractivity contribution >= 4 is 11.7 Å². The summed E-state index contributed by atoms with van der Waals surface area (Å²) in [4.78, 5) is 17.0. The van der Waals surface area contributed by atoms with Gasteiger partial charge in [0.15, 0.2) is 5.84 Å². The van der Waals surface area contributed by atoms with E-state index in [1.165, 1.54) is 0 Å². The standard InChI is InChI=1S/C15H30N4O2/c1-5-19(12(2)11-18(3)4)14(20)15(13(16)17-21)9-7-6-8-10-15/h12,21H,5-11H2,1-4H3,(H2,16,17). The molecule has 0 radical (unpaired) electrons. The number of nitrogens with zero attached hydrogens (tertiary/aromatic N) is 3. The lowest BCUT2D eigenvalue weighted by Gasteiger charge is -2.41. The van der Waals surface area contributed by atoms with E-state index in [-0.39, 0.29) is 17.8 Å².